The largest absolute Gasteiger partial charge is 0.396 e. The van der Waals surface area contributed by atoms with Crippen molar-refractivity contribution in [2.24, 2.45) is 0 Å². The van der Waals surface area contributed by atoms with Crippen LogP contribution in [0.1, 0.15) is 17.3 Å². The molecule has 0 spiro atoms. The zero-order valence-electron chi connectivity index (χ0n) is 10.8. The number of nitrogens with two attached hydrogens (primary N) is 1. The minimum atomic E-state index is 0.362. The Morgan fingerprint density at radius 3 is 2.67 bits per heavy atom. The van der Waals surface area contributed by atoms with E-state index in [2.05, 4.69) is 15.2 Å². The molecule has 8 heteroatoms. The first-order chi connectivity index (χ1) is 10.1. The molecular weight excluding hydrogens is 313 g/mol. The van der Waals surface area contributed by atoms with Crippen LogP contribution in [0.5, 0.6) is 0 Å². The zero-order chi connectivity index (χ0) is 14.8. The van der Waals surface area contributed by atoms with Crippen LogP contribution in [0.25, 0.3) is 0 Å². The summed E-state index contributed by atoms with van der Waals surface area (Å²) in [4.78, 5) is 4.30. The molecule has 0 aliphatic rings. The molecule has 3 aromatic rings. The van der Waals surface area contributed by atoms with Crippen molar-refractivity contribution in [1.29, 1.82) is 0 Å². The lowest BCUT2D eigenvalue weighted by Gasteiger charge is -2.03. The highest BCUT2D eigenvalue weighted by molar-refractivity contribution is 6.36. The predicted octanol–water partition coefficient (Wildman–Crippen LogP) is 2.79. The van der Waals surface area contributed by atoms with Gasteiger partial charge in [-0.1, -0.05) is 34.4 Å². The number of hydrogen-bond donors (Lipinski definition) is 1. The SMILES string of the molecule is Nc1cnn(Cc2nc(Cc3c(Cl)cccc3Cl)no2)c1. The summed E-state index contributed by atoms with van der Waals surface area (Å²) in [6.45, 7) is 0.362. The Balaban J connectivity index is 1.76. The number of anilines is 1. The van der Waals surface area contributed by atoms with Gasteiger partial charge in [0.05, 0.1) is 11.9 Å². The highest BCUT2D eigenvalue weighted by Gasteiger charge is 2.12. The molecule has 0 amide bonds. The molecule has 0 aliphatic carbocycles. The molecule has 0 fully saturated rings. The van der Waals surface area contributed by atoms with Gasteiger partial charge in [-0.25, -0.2) is 0 Å². The Morgan fingerprint density at radius 2 is 2.00 bits per heavy atom. The Morgan fingerprint density at radius 1 is 1.24 bits per heavy atom. The van der Waals surface area contributed by atoms with Gasteiger partial charge < -0.3 is 10.3 Å². The van der Waals surface area contributed by atoms with Crippen molar-refractivity contribution in [2.45, 2.75) is 13.0 Å². The fraction of sp³-hybridized carbons (Fsp3) is 0.154. The van der Waals surface area contributed by atoms with Crippen LogP contribution in [0.2, 0.25) is 10.0 Å². The minimum absolute atomic E-state index is 0.362. The fourth-order valence-corrected chi connectivity index (χ4v) is 2.42. The summed E-state index contributed by atoms with van der Waals surface area (Å²) in [5.74, 6) is 0.955. The van der Waals surface area contributed by atoms with Crippen molar-refractivity contribution in [2.75, 3.05) is 5.73 Å². The molecule has 1 aromatic carbocycles. The van der Waals surface area contributed by atoms with Crippen molar-refractivity contribution >= 4 is 28.9 Å². The fourth-order valence-electron chi connectivity index (χ4n) is 1.89. The van der Waals surface area contributed by atoms with Gasteiger partial charge in [0, 0.05) is 22.7 Å². The third-order valence-electron chi connectivity index (χ3n) is 2.86. The molecule has 0 saturated carbocycles. The van der Waals surface area contributed by atoms with E-state index in [0.717, 1.165) is 5.56 Å². The topological polar surface area (TPSA) is 82.8 Å². The van der Waals surface area contributed by atoms with E-state index in [4.69, 9.17) is 33.5 Å². The summed E-state index contributed by atoms with van der Waals surface area (Å²) in [5, 5.41) is 9.13. The minimum Gasteiger partial charge on any atom is -0.396 e. The second-order valence-electron chi connectivity index (χ2n) is 4.45. The van der Waals surface area contributed by atoms with Crippen LogP contribution in [0.4, 0.5) is 5.69 Å². The van der Waals surface area contributed by atoms with E-state index in [-0.39, 0.29) is 0 Å². The monoisotopic (exact) mass is 323 g/mol. The summed E-state index contributed by atoms with van der Waals surface area (Å²) in [7, 11) is 0. The summed E-state index contributed by atoms with van der Waals surface area (Å²) in [6.07, 6.45) is 3.65. The van der Waals surface area contributed by atoms with E-state index in [1.807, 2.05) is 0 Å². The maximum atomic E-state index is 6.12. The molecule has 0 unspecified atom stereocenters. The van der Waals surface area contributed by atoms with Crippen molar-refractivity contribution in [3.05, 3.63) is 57.9 Å². The van der Waals surface area contributed by atoms with Crippen molar-refractivity contribution in [1.82, 2.24) is 19.9 Å². The molecule has 0 saturated heterocycles. The standard InChI is InChI=1S/C13H11Cl2N5O/c14-10-2-1-3-11(15)9(10)4-12-18-13(21-19-12)7-20-6-8(16)5-17-20/h1-3,5-6H,4,7,16H2. The average Bonchev–Trinajstić information content (AvgIpc) is 3.04. The number of rotatable bonds is 4. The molecule has 0 bridgehead atoms. The van der Waals surface area contributed by atoms with Gasteiger partial charge in [-0.05, 0) is 17.7 Å². The molecule has 2 heterocycles. The molecule has 0 atom stereocenters. The number of hydrogen-bond acceptors (Lipinski definition) is 5. The highest BCUT2D eigenvalue weighted by atomic mass is 35.5. The van der Waals surface area contributed by atoms with Crippen LogP contribution < -0.4 is 5.73 Å². The Hall–Kier alpha value is -2.05. The van der Waals surface area contributed by atoms with Crippen LogP contribution in [0.3, 0.4) is 0 Å². The van der Waals surface area contributed by atoms with E-state index in [0.29, 0.717) is 40.4 Å². The van der Waals surface area contributed by atoms with Crippen LogP contribution in [0, 0.1) is 0 Å². The molecule has 6 nitrogen and oxygen atoms in total. The van der Waals surface area contributed by atoms with Crippen LogP contribution in [0.15, 0.2) is 35.1 Å². The molecule has 2 aromatic heterocycles. The molecule has 21 heavy (non-hydrogen) atoms. The third-order valence-corrected chi connectivity index (χ3v) is 3.57. The van der Waals surface area contributed by atoms with Crippen molar-refractivity contribution < 1.29 is 4.52 Å². The Labute approximate surface area is 130 Å². The highest BCUT2D eigenvalue weighted by Crippen LogP contribution is 2.26. The van der Waals surface area contributed by atoms with E-state index >= 15 is 0 Å². The molecule has 2 N–H and O–H groups in total. The lowest BCUT2D eigenvalue weighted by Crippen LogP contribution is -2.00. The van der Waals surface area contributed by atoms with Crippen LogP contribution in [-0.4, -0.2) is 19.9 Å². The summed E-state index contributed by atoms with van der Waals surface area (Å²) < 4.78 is 6.80. The smallest absolute Gasteiger partial charge is 0.248 e. The molecule has 108 valence electrons. The average molecular weight is 324 g/mol. The van der Waals surface area contributed by atoms with Crippen molar-refractivity contribution in [3.8, 4) is 0 Å². The van der Waals surface area contributed by atoms with Gasteiger partial charge in [-0.15, -0.1) is 0 Å². The van der Waals surface area contributed by atoms with E-state index in [9.17, 15) is 0 Å². The Kier molecular flexibility index (Phi) is 3.81. The lowest BCUT2D eigenvalue weighted by atomic mass is 10.1. The summed E-state index contributed by atoms with van der Waals surface area (Å²) in [6, 6.07) is 5.34. The van der Waals surface area contributed by atoms with E-state index in [1.165, 1.54) is 0 Å². The summed E-state index contributed by atoms with van der Waals surface area (Å²) in [5.41, 5.74) is 6.95. The number of benzene rings is 1. The second-order valence-corrected chi connectivity index (χ2v) is 5.27. The maximum Gasteiger partial charge on any atom is 0.248 e. The summed E-state index contributed by atoms with van der Waals surface area (Å²) >= 11 is 12.2. The first-order valence-corrected chi connectivity index (χ1v) is 6.89. The second kappa shape index (κ2) is 5.75. The van der Waals surface area contributed by atoms with Crippen LogP contribution >= 0.6 is 23.2 Å². The van der Waals surface area contributed by atoms with Gasteiger partial charge in [0.15, 0.2) is 5.82 Å². The maximum absolute atomic E-state index is 6.12. The number of nitrogens with zero attached hydrogens (tertiary/aromatic N) is 4. The van der Waals surface area contributed by atoms with Crippen LogP contribution in [-0.2, 0) is 13.0 Å². The first kappa shape index (κ1) is 13.9. The lowest BCUT2D eigenvalue weighted by molar-refractivity contribution is 0.362. The number of nitrogen functional groups attached to an aromatic ring is 1. The molecule has 0 aliphatic heterocycles. The van der Waals surface area contributed by atoms with Crippen molar-refractivity contribution in [3.63, 3.8) is 0 Å². The van der Waals surface area contributed by atoms with E-state index in [1.54, 1.807) is 35.3 Å². The third kappa shape index (κ3) is 3.17. The molecule has 3 rings (SSSR count). The predicted molar refractivity (Wildman–Crippen MR) is 79.3 cm³/mol. The van der Waals surface area contributed by atoms with Gasteiger partial charge in [-0.2, -0.15) is 10.1 Å². The normalized spacial score (nSPS) is 11.0. The zero-order valence-corrected chi connectivity index (χ0v) is 12.3. The van der Waals surface area contributed by atoms with Gasteiger partial charge in [0.2, 0.25) is 5.89 Å². The molecular formula is C13H11Cl2N5O. The van der Waals surface area contributed by atoms with Gasteiger partial charge in [0.25, 0.3) is 0 Å². The molecule has 0 radical (unpaired) electrons. The number of aromatic nitrogens is 4. The van der Waals surface area contributed by atoms with E-state index < -0.39 is 0 Å². The first-order valence-electron chi connectivity index (χ1n) is 6.14. The quantitative estimate of drug-likeness (QED) is 0.798. The van der Waals surface area contributed by atoms with Gasteiger partial charge >= 0.3 is 0 Å². The van der Waals surface area contributed by atoms with Gasteiger partial charge in [-0.3, -0.25) is 4.68 Å². The number of halogens is 2. The van der Waals surface area contributed by atoms with Gasteiger partial charge in [0.1, 0.15) is 6.54 Å². The Bertz CT molecular complexity index is 747.